The summed E-state index contributed by atoms with van der Waals surface area (Å²) < 4.78 is 169. The van der Waals surface area contributed by atoms with Crippen LogP contribution in [0.15, 0.2) is 12.1 Å². The van der Waals surface area contributed by atoms with Crippen LogP contribution in [0, 0.1) is 69.8 Å². The van der Waals surface area contributed by atoms with Crippen molar-refractivity contribution in [2.24, 2.45) is 0 Å². The van der Waals surface area contributed by atoms with Gasteiger partial charge in [-0.3, -0.25) is 0 Å². The molecule has 0 aromatic heterocycles. The van der Waals surface area contributed by atoms with Crippen LogP contribution in [0.1, 0.15) is 0 Å². The SMILES string of the molecule is Fc1cc(F)c(F)c(-c2c3c(F)c(F)c(F)c(F)c3cc3c(F)c(F)c(F)c(F)c23)c1F. The third-order valence-corrected chi connectivity index (χ3v) is 4.76. The van der Waals surface area contributed by atoms with E-state index >= 15 is 0 Å². The fourth-order valence-electron chi connectivity index (χ4n) is 3.37. The number of hydrogen-bond donors (Lipinski definition) is 0. The molecule has 0 bridgehead atoms. The van der Waals surface area contributed by atoms with Gasteiger partial charge in [0.15, 0.2) is 69.8 Å². The van der Waals surface area contributed by atoms with Gasteiger partial charge in [0, 0.05) is 33.2 Å². The Balaban J connectivity index is 2.50. The number of hydrogen-bond acceptors (Lipinski definition) is 0. The molecule has 32 heavy (non-hydrogen) atoms. The zero-order valence-electron chi connectivity index (χ0n) is 14.7. The predicted molar refractivity (Wildman–Crippen MR) is 86.4 cm³/mol. The third kappa shape index (κ3) is 2.67. The van der Waals surface area contributed by atoms with Gasteiger partial charge in [-0.1, -0.05) is 0 Å². The van der Waals surface area contributed by atoms with Crippen LogP contribution in [0.5, 0.6) is 0 Å². The van der Waals surface area contributed by atoms with Crippen LogP contribution in [0.3, 0.4) is 0 Å². The van der Waals surface area contributed by atoms with Crippen molar-refractivity contribution in [3.8, 4) is 11.1 Å². The van der Waals surface area contributed by atoms with Crippen molar-refractivity contribution in [3.05, 3.63) is 81.9 Å². The summed E-state index contributed by atoms with van der Waals surface area (Å²) in [5.74, 6) is -28.8. The van der Waals surface area contributed by atoms with Crippen LogP contribution < -0.4 is 0 Å². The molecule has 4 rings (SSSR count). The normalized spacial score (nSPS) is 11.8. The Labute approximate surface area is 168 Å². The summed E-state index contributed by atoms with van der Waals surface area (Å²) in [6.45, 7) is 0. The first-order chi connectivity index (χ1) is 14.9. The van der Waals surface area contributed by atoms with E-state index in [-0.39, 0.29) is 12.1 Å². The molecular weight excluding hydrogens is 468 g/mol. The Morgan fingerprint density at radius 1 is 0.312 bits per heavy atom. The highest BCUT2D eigenvalue weighted by molar-refractivity contribution is 6.13. The van der Waals surface area contributed by atoms with E-state index in [2.05, 4.69) is 0 Å². The van der Waals surface area contributed by atoms with Gasteiger partial charge in [0.25, 0.3) is 0 Å². The van der Waals surface area contributed by atoms with Crippen molar-refractivity contribution in [2.45, 2.75) is 0 Å². The molecule has 0 atom stereocenters. The van der Waals surface area contributed by atoms with Crippen LogP contribution in [-0.4, -0.2) is 0 Å². The number of rotatable bonds is 1. The Morgan fingerprint density at radius 2 is 0.656 bits per heavy atom. The molecule has 0 saturated heterocycles. The smallest absolute Gasteiger partial charge is 0.198 e. The van der Waals surface area contributed by atoms with Crippen molar-refractivity contribution < 1.29 is 52.7 Å². The summed E-state index contributed by atoms with van der Waals surface area (Å²) in [4.78, 5) is 0. The number of halogens is 12. The first-order valence-electron chi connectivity index (χ1n) is 8.17. The Kier molecular flexibility index (Phi) is 4.79. The lowest BCUT2D eigenvalue weighted by molar-refractivity contribution is 0.416. The van der Waals surface area contributed by atoms with Crippen molar-refractivity contribution in [2.75, 3.05) is 0 Å². The van der Waals surface area contributed by atoms with Gasteiger partial charge < -0.3 is 0 Å². The van der Waals surface area contributed by atoms with Crippen LogP contribution in [0.4, 0.5) is 52.7 Å². The Hall–Kier alpha value is -3.44. The topological polar surface area (TPSA) is 0 Å². The zero-order chi connectivity index (χ0) is 23.8. The van der Waals surface area contributed by atoms with Gasteiger partial charge in [0.05, 0.1) is 5.56 Å². The average molecular weight is 470 g/mol. The minimum atomic E-state index is -2.60. The maximum atomic E-state index is 14.6. The van der Waals surface area contributed by atoms with Crippen LogP contribution in [0.2, 0.25) is 0 Å². The van der Waals surface area contributed by atoms with Gasteiger partial charge in [-0.25, -0.2) is 52.7 Å². The standard InChI is InChI=1S/C20H2F12/c21-5-2-6(22)14(26)10(13(5)25)9-7-3(11(23)17(29)19(31)15(7)27)1-4-8(9)16(28)20(32)18(30)12(4)24/h1-2H. The molecule has 4 aromatic rings. The second-order valence-corrected chi connectivity index (χ2v) is 6.45. The molecule has 0 spiro atoms. The summed E-state index contributed by atoms with van der Waals surface area (Å²) >= 11 is 0. The van der Waals surface area contributed by atoms with Gasteiger partial charge in [0.2, 0.25) is 0 Å². The van der Waals surface area contributed by atoms with Crippen LogP contribution >= 0.6 is 0 Å². The molecule has 12 heteroatoms. The first kappa shape index (κ1) is 21.8. The van der Waals surface area contributed by atoms with Crippen LogP contribution in [-0.2, 0) is 0 Å². The summed E-state index contributed by atoms with van der Waals surface area (Å²) in [5.41, 5.74) is -3.86. The van der Waals surface area contributed by atoms with Gasteiger partial charge in [0.1, 0.15) is 0 Å². The molecule has 0 heterocycles. The molecule has 0 aliphatic heterocycles. The minimum Gasteiger partial charge on any atom is -0.204 e. The number of benzene rings is 4. The highest BCUT2D eigenvalue weighted by Gasteiger charge is 2.33. The molecule has 0 fully saturated rings. The maximum Gasteiger partial charge on any atom is 0.198 e. The zero-order valence-corrected chi connectivity index (χ0v) is 14.7. The maximum absolute atomic E-state index is 14.6. The molecule has 4 aromatic carbocycles. The molecule has 0 N–H and O–H groups in total. The molecule has 0 radical (unpaired) electrons. The largest absolute Gasteiger partial charge is 0.204 e. The molecular formula is C20H2F12. The van der Waals surface area contributed by atoms with Crippen molar-refractivity contribution >= 4 is 21.5 Å². The van der Waals surface area contributed by atoms with E-state index in [0.717, 1.165) is 0 Å². The second-order valence-electron chi connectivity index (χ2n) is 6.45. The van der Waals surface area contributed by atoms with Crippen molar-refractivity contribution in [1.29, 1.82) is 0 Å². The van der Waals surface area contributed by atoms with E-state index in [1.165, 1.54) is 0 Å². The fourth-order valence-corrected chi connectivity index (χ4v) is 3.37. The lowest BCUT2D eigenvalue weighted by Gasteiger charge is -2.17. The monoisotopic (exact) mass is 470 g/mol. The van der Waals surface area contributed by atoms with E-state index in [1.54, 1.807) is 0 Å². The second kappa shape index (κ2) is 7.04. The van der Waals surface area contributed by atoms with Gasteiger partial charge in [-0.05, 0) is 6.07 Å². The molecule has 0 saturated carbocycles. The summed E-state index contributed by atoms with van der Waals surface area (Å²) in [5, 5.41) is -6.48. The molecule has 0 amide bonds. The van der Waals surface area contributed by atoms with Crippen molar-refractivity contribution in [1.82, 2.24) is 0 Å². The molecule has 0 aliphatic rings. The average Bonchev–Trinajstić information content (AvgIpc) is 2.76. The lowest BCUT2D eigenvalue weighted by Crippen LogP contribution is -2.07. The van der Waals surface area contributed by atoms with Gasteiger partial charge >= 0.3 is 0 Å². The highest BCUT2D eigenvalue weighted by atomic mass is 19.2. The van der Waals surface area contributed by atoms with Crippen LogP contribution in [0.25, 0.3) is 32.7 Å². The lowest BCUT2D eigenvalue weighted by atomic mass is 9.89. The molecule has 166 valence electrons. The van der Waals surface area contributed by atoms with E-state index in [9.17, 15) is 52.7 Å². The van der Waals surface area contributed by atoms with Gasteiger partial charge in [-0.15, -0.1) is 0 Å². The van der Waals surface area contributed by atoms with E-state index in [0.29, 0.717) is 0 Å². The Bertz CT molecular complexity index is 1390. The molecule has 0 nitrogen and oxygen atoms in total. The Morgan fingerprint density at radius 3 is 1.03 bits per heavy atom. The van der Waals surface area contributed by atoms with E-state index < -0.39 is 102 Å². The van der Waals surface area contributed by atoms with E-state index in [4.69, 9.17) is 0 Å². The number of fused-ring (bicyclic) bond motifs is 2. The van der Waals surface area contributed by atoms with Gasteiger partial charge in [-0.2, -0.15) is 0 Å². The fraction of sp³-hybridized carbons (Fsp3) is 0. The summed E-state index contributed by atoms with van der Waals surface area (Å²) in [7, 11) is 0. The minimum absolute atomic E-state index is 0.0154. The quantitative estimate of drug-likeness (QED) is 0.118. The van der Waals surface area contributed by atoms with Crippen molar-refractivity contribution in [3.63, 3.8) is 0 Å². The molecule has 0 aliphatic carbocycles. The first-order valence-corrected chi connectivity index (χ1v) is 8.17. The molecule has 0 unspecified atom stereocenters. The van der Waals surface area contributed by atoms with E-state index in [1.807, 2.05) is 0 Å². The predicted octanol–water partition coefficient (Wildman–Crippen LogP) is 7.33. The highest BCUT2D eigenvalue weighted by Crippen LogP contribution is 2.45. The summed E-state index contributed by atoms with van der Waals surface area (Å²) in [6.07, 6.45) is 0. The summed E-state index contributed by atoms with van der Waals surface area (Å²) in [6, 6.07) is -0.322. The third-order valence-electron chi connectivity index (χ3n) is 4.76.